The van der Waals surface area contributed by atoms with E-state index in [0.717, 1.165) is 75.3 Å². The van der Waals surface area contributed by atoms with Crippen LogP contribution in [-0.2, 0) is 4.74 Å². The minimum absolute atomic E-state index is 0.344. The van der Waals surface area contributed by atoms with Crippen molar-refractivity contribution in [3.63, 3.8) is 0 Å². The lowest BCUT2D eigenvalue weighted by Crippen LogP contribution is -2.42. The van der Waals surface area contributed by atoms with Gasteiger partial charge in [-0.3, -0.25) is 0 Å². The number of nitrogens with zero attached hydrogens (tertiary/aromatic N) is 4. The summed E-state index contributed by atoms with van der Waals surface area (Å²) < 4.78 is 11.0. The fourth-order valence-electron chi connectivity index (χ4n) is 3.81. The highest BCUT2D eigenvalue weighted by Crippen LogP contribution is 2.30. The van der Waals surface area contributed by atoms with E-state index in [9.17, 15) is 0 Å². The van der Waals surface area contributed by atoms with Gasteiger partial charge in [-0.2, -0.15) is 0 Å². The number of morpholine rings is 1. The maximum atomic E-state index is 5.54. The lowest BCUT2D eigenvalue weighted by Gasteiger charge is -2.35. The molecule has 0 radical (unpaired) electrons. The summed E-state index contributed by atoms with van der Waals surface area (Å²) in [6, 6.07) is 10.6. The Labute approximate surface area is 160 Å². The van der Waals surface area contributed by atoms with Gasteiger partial charge in [-0.25, -0.2) is 9.97 Å². The third kappa shape index (κ3) is 4.24. The number of methoxy groups -OCH3 is 1. The van der Waals surface area contributed by atoms with Gasteiger partial charge in [0.25, 0.3) is 0 Å². The monoisotopic (exact) mass is 369 g/mol. The van der Waals surface area contributed by atoms with Crippen LogP contribution in [0.4, 0.5) is 17.3 Å². The summed E-state index contributed by atoms with van der Waals surface area (Å²) in [4.78, 5) is 13.5. The molecule has 0 aliphatic carbocycles. The van der Waals surface area contributed by atoms with Crippen LogP contribution in [0, 0.1) is 0 Å². The smallest absolute Gasteiger partial charge is 0.142 e. The Kier molecular flexibility index (Phi) is 5.58. The summed E-state index contributed by atoms with van der Waals surface area (Å²) in [7, 11) is 1.73. The molecule has 1 aromatic carbocycles. The highest BCUT2D eigenvalue weighted by molar-refractivity contribution is 5.59. The van der Waals surface area contributed by atoms with Crippen molar-refractivity contribution in [3.05, 3.63) is 36.7 Å². The van der Waals surface area contributed by atoms with Gasteiger partial charge >= 0.3 is 0 Å². The average Bonchev–Trinajstić information content (AvgIpc) is 2.75. The Morgan fingerprint density at radius 3 is 2.81 bits per heavy atom. The zero-order valence-electron chi connectivity index (χ0n) is 15.8. The molecule has 0 saturated carbocycles. The highest BCUT2D eigenvalue weighted by atomic mass is 16.5. The minimum atomic E-state index is 0.344. The molecule has 0 spiro atoms. The molecule has 1 N–H and O–H groups in total. The molecule has 2 fully saturated rings. The van der Waals surface area contributed by atoms with Crippen molar-refractivity contribution in [2.75, 3.05) is 61.6 Å². The number of anilines is 3. The van der Waals surface area contributed by atoms with E-state index >= 15 is 0 Å². The molecule has 0 unspecified atom stereocenters. The maximum absolute atomic E-state index is 5.54. The van der Waals surface area contributed by atoms with Gasteiger partial charge in [-0.05, 0) is 25.0 Å². The molecule has 3 heterocycles. The Balaban J connectivity index is 1.43. The molecule has 1 atom stereocenters. The van der Waals surface area contributed by atoms with E-state index in [1.54, 1.807) is 13.4 Å². The largest absolute Gasteiger partial charge is 0.495 e. The van der Waals surface area contributed by atoms with Crippen LogP contribution >= 0.6 is 0 Å². The van der Waals surface area contributed by atoms with Crippen molar-refractivity contribution in [2.24, 2.45) is 0 Å². The predicted molar refractivity (Wildman–Crippen MR) is 107 cm³/mol. The lowest BCUT2D eigenvalue weighted by molar-refractivity contribution is 0.122. The molecule has 2 aliphatic rings. The van der Waals surface area contributed by atoms with Crippen molar-refractivity contribution in [2.45, 2.75) is 18.9 Å². The molecule has 0 bridgehead atoms. The number of aromatic nitrogens is 2. The molecule has 2 saturated heterocycles. The topological polar surface area (TPSA) is 62.8 Å². The Bertz CT molecular complexity index is 751. The molecule has 27 heavy (non-hydrogen) atoms. The molecule has 4 rings (SSSR count). The van der Waals surface area contributed by atoms with Gasteiger partial charge in [0.05, 0.1) is 26.0 Å². The maximum Gasteiger partial charge on any atom is 0.142 e. The van der Waals surface area contributed by atoms with Crippen molar-refractivity contribution < 1.29 is 9.47 Å². The number of nitrogens with one attached hydrogen (secondary N) is 1. The number of hydrogen-bond acceptors (Lipinski definition) is 7. The van der Waals surface area contributed by atoms with Gasteiger partial charge < -0.3 is 24.6 Å². The third-order valence-corrected chi connectivity index (χ3v) is 5.19. The first-order valence-corrected chi connectivity index (χ1v) is 9.63. The average molecular weight is 369 g/mol. The standard InChI is InChI=1S/C20H27N5O2/c1-26-18-7-3-2-6-17(18)25-8-4-5-16(14-25)23-19-13-20(22-15-21-19)24-9-11-27-12-10-24/h2-3,6-7,13,15-16H,4-5,8-12,14H2,1H3,(H,21,22,23)/t16-/m1/s1. The van der Waals surface area contributed by atoms with Crippen molar-refractivity contribution in [1.29, 1.82) is 0 Å². The molecule has 1 aromatic heterocycles. The zero-order chi connectivity index (χ0) is 18.5. The summed E-state index contributed by atoms with van der Waals surface area (Å²) in [5.74, 6) is 2.78. The van der Waals surface area contributed by atoms with Gasteiger partial charge in [0.1, 0.15) is 23.7 Å². The van der Waals surface area contributed by atoms with Crippen LogP contribution in [0.5, 0.6) is 5.75 Å². The molecule has 144 valence electrons. The van der Waals surface area contributed by atoms with E-state index in [2.05, 4.69) is 37.2 Å². The van der Waals surface area contributed by atoms with Gasteiger partial charge in [0.2, 0.25) is 0 Å². The van der Waals surface area contributed by atoms with Gasteiger partial charge in [-0.15, -0.1) is 0 Å². The predicted octanol–water partition coefficient (Wildman–Crippen LogP) is 2.40. The first kappa shape index (κ1) is 17.9. The van der Waals surface area contributed by atoms with E-state index in [-0.39, 0.29) is 0 Å². The molecule has 7 nitrogen and oxygen atoms in total. The van der Waals surface area contributed by atoms with E-state index in [1.807, 2.05) is 18.2 Å². The number of rotatable bonds is 5. The quantitative estimate of drug-likeness (QED) is 0.868. The van der Waals surface area contributed by atoms with Crippen LogP contribution in [0.15, 0.2) is 36.7 Å². The zero-order valence-corrected chi connectivity index (χ0v) is 15.8. The van der Waals surface area contributed by atoms with Crippen LogP contribution < -0.4 is 19.9 Å². The SMILES string of the molecule is COc1ccccc1N1CCC[C@@H](Nc2cc(N3CCOCC3)ncn2)C1. The normalized spacial score (nSPS) is 20.4. The van der Waals surface area contributed by atoms with E-state index < -0.39 is 0 Å². The minimum Gasteiger partial charge on any atom is -0.495 e. The van der Waals surface area contributed by atoms with Gasteiger partial charge in [-0.1, -0.05) is 12.1 Å². The third-order valence-electron chi connectivity index (χ3n) is 5.19. The molecule has 0 amide bonds. The van der Waals surface area contributed by atoms with Crippen molar-refractivity contribution in [3.8, 4) is 5.75 Å². The van der Waals surface area contributed by atoms with Crippen LogP contribution in [0.3, 0.4) is 0 Å². The van der Waals surface area contributed by atoms with E-state index in [4.69, 9.17) is 9.47 Å². The Morgan fingerprint density at radius 2 is 1.96 bits per heavy atom. The molecule has 2 aromatic rings. The van der Waals surface area contributed by atoms with Crippen LogP contribution in [0.2, 0.25) is 0 Å². The lowest BCUT2D eigenvalue weighted by atomic mass is 10.0. The van der Waals surface area contributed by atoms with E-state index in [1.165, 1.54) is 0 Å². The second-order valence-corrected chi connectivity index (χ2v) is 6.96. The number of hydrogen-bond donors (Lipinski definition) is 1. The number of ether oxygens (including phenoxy) is 2. The fraction of sp³-hybridized carbons (Fsp3) is 0.500. The number of piperidine rings is 1. The van der Waals surface area contributed by atoms with Crippen LogP contribution in [0.1, 0.15) is 12.8 Å². The first-order chi connectivity index (χ1) is 13.3. The second kappa shape index (κ2) is 8.43. The fourth-order valence-corrected chi connectivity index (χ4v) is 3.81. The molecule has 7 heteroatoms. The van der Waals surface area contributed by atoms with Gasteiger partial charge in [0, 0.05) is 38.3 Å². The Morgan fingerprint density at radius 1 is 1.11 bits per heavy atom. The van der Waals surface area contributed by atoms with E-state index in [0.29, 0.717) is 6.04 Å². The van der Waals surface area contributed by atoms with Gasteiger partial charge in [0.15, 0.2) is 0 Å². The summed E-state index contributed by atoms with van der Waals surface area (Å²) >= 11 is 0. The molecule has 2 aliphatic heterocycles. The summed E-state index contributed by atoms with van der Waals surface area (Å²) in [6.45, 7) is 5.23. The van der Waals surface area contributed by atoms with Crippen LogP contribution in [-0.4, -0.2) is 62.5 Å². The highest BCUT2D eigenvalue weighted by Gasteiger charge is 2.23. The van der Waals surface area contributed by atoms with Crippen LogP contribution in [0.25, 0.3) is 0 Å². The summed E-state index contributed by atoms with van der Waals surface area (Å²) in [6.07, 6.45) is 3.91. The summed E-state index contributed by atoms with van der Waals surface area (Å²) in [5, 5.41) is 3.61. The Hall–Kier alpha value is -2.54. The molecular formula is C20H27N5O2. The first-order valence-electron chi connectivity index (χ1n) is 9.63. The second-order valence-electron chi connectivity index (χ2n) is 6.96. The number of para-hydroxylation sites is 2. The van der Waals surface area contributed by atoms with Crippen molar-refractivity contribution >= 4 is 17.3 Å². The van der Waals surface area contributed by atoms with Crippen molar-refractivity contribution in [1.82, 2.24) is 9.97 Å². The summed E-state index contributed by atoms with van der Waals surface area (Å²) in [5.41, 5.74) is 1.16. The number of benzene rings is 1. The molecular weight excluding hydrogens is 342 g/mol.